The van der Waals surface area contributed by atoms with Crippen molar-refractivity contribution >= 4 is 35.0 Å². The van der Waals surface area contributed by atoms with Crippen molar-refractivity contribution < 1.29 is 73.9 Å². The molecule has 2 saturated carbocycles. The molecular weight excluding hydrogens is 1150 g/mol. The maximum absolute atomic E-state index is 14.0. The number of halogens is 6. The summed E-state index contributed by atoms with van der Waals surface area (Å²) in [5.41, 5.74) is 1.63. The number of piperidine rings is 1. The first-order valence-electron chi connectivity index (χ1n) is 29.7. The largest absolute Gasteiger partial charge is 0.492 e. The minimum absolute atomic E-state index is 0.00516. The van der Waals surface area contributed by atoms with Gasteiger partial charge in [-0.15, -0.1) is 0 Å². The first-order chi connectivity index (χ1) is 42.3. The number of nitrogens with zero attached hydrogens (tertiary/aromatic N) is 5. The van der Waals surface area contributed by atoms with E-state index >= 15 is 0 Å². The third-order valence-electron chi connectivity index (χ3n) is 17.9. The number of rotatable bonds is 16. The number of nitrogens with one attached hydrogen (secondary N) is 2. The molecular formula is C65H63F6N7O10. The molecule has 88 heavy (non-hydrogen) atoms. The van der Waals surface area contributed by atoms with Gasteiger partial charge in [0.15, 0.2) is 11.6 Å². The fourth-order valence-electron chi connectivity index (χ4n) is 12.9. The van der Waals surface area contributed by atoms with Crippen LogP contribution in [-0.4, -0.2) is 133 Å². The molecule has 2 aromatic heterocycles. The van der Waals surface area contributed by atoms with Gasteiger partial charge >= 0.3 is 12.4 Å². The van der Waals surface area contributed by atoms with Crippen LogP contribution in [0.4, 0.5) is 38.0 Å². The number of fused-ring (bicyclic) bond motifs is 8. The molecule has 0 radical (unpaired) electrons. The number of Topliss-reactive ketones (excluding diaryl/α,β-unsaturated/α-hetero) is 2. The Morgan fingerprint density at radius 2 is 1.06 bits per heavy atom. The Morgan fingerprint density at radius 1 is 0.580 bits per heavy atom. The maximum atomic E-state index is 14.0. The molecule has 2 amide bonds. The van der Waals surface area contributed by atoms with E-state index in [1.165, 1.54) is 24.3 Å². The highest BCUT2D eigenvalue weighted by Crippen LogP contribution is 2.62. The topological polar surface area (TPSA) is 183 Å². The average molecular weight is 1220 g/mol. The Morgan fingerprint density at radius 3 is 1.56 bits per heavy atom. The number of carbonyl (C=O) groups excluding carboxylic acids is 4. The molecule has 0 unspecified atom stereocenters. The lowest BCUT2D eigenvalue weighted by atomic mass is 9.99. The van der Waals surface area contributed by atoms with Gasteiger partial charge in [-0.05, 0) is 125 Å². The first kappa shape index (κ1) is 58.7. The van der Waals surface area contributed by atoms with Crippen molar-refractivity contribution in [1.82, 2.24) is 24.7 Å². The number of anilines is 2. The minimum atomic E-state index is -4.66. The Labute approximate surface area is 502 Å². The number of likely N-dealkylation sites (tertiary alicyclic amines) is 1. The number of ether oxygens (including phenoxy) is 6. The predicted octanol–water partition coefficient (Wildman–Crippen LogP) is 11.1. The van der Waals surface area contributed by atoms with Crippen molar-refractivity contribution in [2.45, 2.75) is 93.9 Å². The van der Waals surface area contributed by atoms with Crippen LogP contribution in [0, 0.1) is 11.8 Å². The summed E-state index contributed by atoms with van der Waals surface area (Å²) in [6.07, 6.45) is -3.67. The van der Waals surface area contributed by atoms with Crippen molar-refractivity contribution in [3.63, 3.8) is 0 Å². The number of aromatic nitrogens is 2. The standard InChI is InChI=1S/C33H33F3N4O5.C32H30F3N3O5/c1-39-10-12-40(13-11-39)14-15-43-28-5-2-19(16-24(28)33(34,35)36)25(41)18-23-30-22-17-20(3-6-26(22)45-31(23)30)44-27-8-9-37-32-21(27)4-7-29(42)38-32;1-38-12-9-18(10-13-38)41-27-5-2-17(14-23(27)32(33,34)35)24(39)16-22-29-21-15-19(3-6-25(21)43-30(22)29)42-26-8-11-36-31-20(26)4-7-28(40)37-31/h2-3,5-6,8-9,16-17,23,30-31H,4,7,10-15,18H2,1H3,(H,37,38,42);2-3,5-6,8,11,14-15,18,22,29-30H,4,7,9-10,12-13,16H2,1H3,(H,36,37,40)/t23-,30-,31+;22-,29-,30+/m00/s1. The van der Waals surface area contributed by atoms with Crippen LogP contribution in [0.1, 0.15) is 104 Å². The Kier molecular flexibility index (Phi) is 15.8. The highest BCUT2D eigenvalue weighted by molar-refractivity contribution is 5.98. The fourth-order valence-corrected chi connectivity index (χ4v) is 12.9. The number of alkyl halides is 6. The number of hydrogen-bond donors (Lipinski definition) is 2. The number of carbonyl (C=O) groups is 4. The Balaban J connectivity index is 0.000000162. The van der Waals surface area contributed by atoms with Gasteiger partial charge in [-0.25, -0.2) is 9.97 Å². The number of likely N-dealkylation sites (N-methyl/N-ethyl adjacent to an activating group) is 1. The molecule has 14 rings (SSSR count). The predicted molar refractivity (Wildman–Crippen MR) is 308 cm³/mol. The molecule has 8 aliphatic rings. The maximum Gasteiger partial charge on any atom is 0.419 e. The average Bonchev–Trinajstić information content (AvgIpc) is 1.57. The van der Waals surface area contributed by atoms with Gasteiger partial charge in [0, 0.05) is 141 Å². The molecule has 0 spiro atoms. The van der Waals surface area contributed by atoms with Crippen LogP contribution < -0.4 is 39.1 Å². The lowest BCUT2D eigenvalue weighted by Crippen LogP contribution is -2.45. The normalized spacial score (nSPS) is 22.7. The zero-order valence-electron chi connectivity index (χ0n) is 48.2. The lowest BCUT2D eigenvalue weighted by Gasteiger charge is -2.32. The van der Waals surface area contributed by atoms with Gasteiger partial charge in [0.05, 0.1) is 11.1 Å². The Bertz CT molecular complexity index is 3720. The molecule has 460 valence electrons. The zero-order chi connectivity index (χ0) is 61.2. The number of amides is 2. The van der Waals surface area contributed by atoms with E-state index in [1.807, 2.05) is 38.4 Å². The number of piperazine rings is 1. The highest BCUT2D eigenvalue weighted by atomic mass is 19.4. The van der Waals surface area contributed by atoms with Crippen LogP contribution in [0.5, 0.6) is 46.0 Å². The van der Waals surface area contributed by atoms with Crippen molar-refractivity contribution in [2.24, 2.45) is 11.8 Å². The van der Waals surface area contributed by atoms with Crippen molar-refractivity contribution in [2.75, 3.05) is 77.1 Å². The second-order valence-electron chi connectivity index (χ2n) is 23.8. The van der Waals surface area contributed by atoms with E-state index in [4.69, 9.17) is 28.4 Å². The van der Waals surface area contributed by atoms with Crippen LogP contribution in [0.15, 0.2) is 97.3 Å². The Hall–Kier alpha value is -8.28. The molecule has 6 aliphatic heterocycles. The molecule has 4 aromatic carbocycles. The smallest absolute Gasteiger partial charge is 0.419 e. The lowest BCUT2D eigenvalue weighted by molar-refractivity contribution is -0.140. The molecule has 17 nitrogen and oxygen atoms in total. The molecule has 8 heterocycles. The van der Waals surface area contributed by atoms with E-state index in [1.54, 1.807) is 36.7 Å². The number of hydrogen-bond acceptors (Lipinski definition) is 15. The quantitative estimate of drug-likeness (QED) is 0.0689. The summed E-state index contributed by atoms with van der Waals surface area (Å²) >= 11 is 0. The summed E-state index contributed by atoms with van der Waals surface area (Å²) in [6.45, 7) is 5.70. The van der Waals surface area contributed by atoms with E-state index < -0.39 is 23.5 Å². The minimum Gasteiger partial charge on any atom is -0.492 e. The van der Waals surface area contributed by atoms with Crippen LogP contribution >= 0.6 is 0 Å². The molecule has 2 N–H and O–H groups in total. The second-order valence-corrected chi connectivity index (χ2v) is 23.8. The van der Waals surface area contributed by atoms with Crippen molar-refractivity contribution in [1.29, 1.82) is 0 Å². The van der Waals surface area contributed by atoms with Gasteiger partial charge in [-0.2, -0.15) is 26.3 Å². The fraction of sp³-hybridized carbons (Fsp3) is 0.415. The molecule has 4 fully saturated rings. The number of pyridine rings is 2. The van der Waals surface area contributed by atoms with E-state index in [0.29, 0.717) is 91.2 Å². The molecule has 6 aromatic rings. The van der Waals surface area contributed by atoms with E-state index in [9.17, 15) is 45.5 Å². The monoisotopic (exact) mass is 1220 g/mol. The molecule has 0 bridgehead atoms. The van der Waals surface area contributed by atoms with Gasteiger partial charge in [-0.1, -0.05) is 0 Å². The number of ketones is 2. The first-order valence-corrected chi connectivity index (χ1v) is 29.7. The van der Waals surface area contributed by atoms with E-state index in [0.717, 1.165) is 73.7 Å². The van der Waals surface area contributed by atoms with Gasteiger partial charge in [0.1, 0.15) is 82.6 Å². The SMILES string of the molecule is CN1CCC(Oc2ccc(C(=O)C[C@@H]3[C@H]4Oc5ccc(Oc6ccnc7c6CCC(=O)N7)cc5[C@@H]34)cc2C(F)(F)F)CC1.CN1CCN(CCOc2ccc(C(=O)C[C@@H]3[C@H]4Oc5ccc(Oc6ccnc7c6CCC(=O)N7)cc5[C@@H]34)cc2C(F)(F)F)CC1. The van der Waals surface area contributed by atoms with Crippen LogP contribution in [-0.2, 0) is 34.8 Å². The van der Waals surface area contributed by atoms with Gasteiger partial charge in [0.2, 0.25) is 11.8 Å². The van der Waals surface area contributed by atoms with Crippen molar-refractivity contribution in [3.05, 3.63) is 142 Å². The summed E-state index contributed by atoms with van der Waals surface area (Å²) in [6, 6.07) is 21.7. The third-order valence-corrected chi connectivity index (χ3v) is 17.9. The van der Waals surface area contributed by atoms with Crippen LogP contribution in [0.2, 0.25) is 0 Å². The van der Waals surface area contributed by atoms with Crippen molar-refractivity contribution in [3.8, 4) is 46.0 Å². The third kappa shape index (κ3) is 12.4. The molecule has 2 aliphatic carbocycles. The van der Waals surface area contributed by atoms with Crippen LogP contribution in [0.3, 0.4) is 0 Å². The second kappa shape index (κ2) is 23.7. The van der Waals surface area contributed by atoms with E-state index in [2.05, 4.69) is 35.3 Å². The molecule has 23 heteroatoms. The van der Waals surface area contributed by atoms with E-state index in [-0.39, 0.29) is 107 Å². The zero-order valence-corrected chi connectivity index (χ0v) is 48.2. The summed E-state index contributed by atoms with van der Waals surface area (Å²) in [7, 11) is 4.01. The van der Waals surface area contributed by atoms with Gasteiger partial charge in [-0.3, -0.25) is 24.1 Å². The molecule has 2 saturated heterocycles. The van der Waals surface area contributed by atoms with Gasteiger partial charge < -0.3 is 48.9 Å². The van der Waals surface area contributed by atoms with Gasteiger partial charge in [0.25, 0.3) is 0 Å². The highest BCUT2D eigenvalue weighted by Gasteiger charge is 2.60. The summed E-state index contributed by atoms with van der Waals surface area (Å²) in [4.78, 5) is 64.8. The summed E-state index contributed by atoms with van der Waals surface area (Å²) < 4.78 is 120. The molecule has 6 atom stereocenters. The van der Waals surface area contributed by atoms with Crippen LogP contribution in [0.25, 0.3) is 0 Å². The number of benzene rings is 4. The summed E-state index contributed by atoms with van der Waals surface area (Å²) in [5, 5.41) is 5.52. The summed E-state index contributed by atoms with van der Waals surface area (Å²) in [5.74, 6) is 3.03.